The highest BCUT2D eigenvalue weighted by atomic mass is 16.3. The quantitative estimate of drug-likeness (QED) is 0.777. The smallest absolute Gasteiger partial charge is 0.0980 e. The monoisotopic (exact) mass is 213 g/mol. The van der Waals surface area contributed by atoms with Crippen LogP contribution in [0.5, 0.6) is 0 Å². The van der Waals surface area contributed by atoms with E-state index in [4.69, 9.17) is 0 Å². The van der Waals surface area contributed by atoms with Crippen molar-refractivity contribution >= 4 is 10.9 Å². The van der Waals surface area contributed by atoms with E-state index < -0.39 is 6.10 Å². The molecule has 0 bridgehead atoms. The maximum atomic E-state index is 10.1. The van der Waals surface area contributed by atoms with Gasteiger partial charge in [0.05, 0.1) is 11.6 Å². The lowest BCUT2D eigenvalue weighted by atomic mass is 10.0. The topological polar surface area (TPSA) is 33.1 Å². The Hall–Kier alpha value is -1.67. The van der Waals surface area contributed by atoms with Crippen LogP contribution >= 0.6 is 0 Å². The van der Waals surface area contributed by atoms with Gasteiger partial charge in [0.25, 0.3) is 0 Å². The second-order valence-electron chi connectivity index (χ2n) is 4.11. The maximum Gasteiger partial charge on any atom is 0.0980 e. The number of hydrogen-bond acceptors (Lipinski definition) is 2. The molecule has 1 aromatic carbocycles. The van der Waals surface area contributed by atoms with Gasteiger partial charge in [-0.2, -0.15) is 0 Å². The Morgan fingerprint density at radius 3 is 2.81 bits per heavy atom. The van der Waals surface area contributed by atoms with Crippen molar-refractivity contribution in [2.75, 3.05) is 0 Å². The molecule has 0 spiro atoms. The summed E-state index contributed by atoms with van der Waals surface area (Å²) in [5.74, 6) is 0. The van der Waals surface area contributed by atoms with Crippen LogP contribution in [0.4, 0.5) is 0 Å². The number of benzene rings is 1. The summed E-state index contributed by atoms with van der Waals surface area (Å²) in [7, 11) is 0. The number of allylic oxidation sites excluding steroid dienone is 1. The first-order valence-electron chi connectivity index (χ1n) is 5.35. The molecule has 0 aliphatic rings. The molecule has 0 fully saturated rings. The normalized spacial score (nSPS) is 12.4. The van der Waals surface area contributed by atoms with E-state index >= 15 is 0 Å². The first kappa shape index (κ1) is 10.8. The molecule has 0 radical (unpaired) electrons. The molecule has 0 aliphatic heterocycles. The van der Waals surface area contributed by atoms with Gasteiger partial charge < -0.3 is 5.11 Å². The fourth-order valence-corrected chi connectivity index (χ4v) is 1.79. The van der Waals surface area contributed by atoms with Gasteiger partial charge in [0, 0.05) is 11.6 Å². The number of rotatable bonds is 2. The van der Waals surface area contributed by atoms with Crippen LogP contribution in [0.1, 0.15) is 25.5 Å². The number of aliphatic hydroxyl groups is 1. The van der Waals surface area contributed by atoms with Crippen LogP contribution in [0.2, 0.25) is 0 Å². The Kier molecular flexibility index (Phi) is 3.02. The van der Waals surface area contributed by atoms with Crippen molar-refractivity contribution in [2.45, 2.75) is 20.0 Å². The molecule has 82 valence electrons. The van der Waals surface area contributed by atoms with Crippen LogP contribution in [-0.4, -0.2) is 10.1 Å². The molecule has 1 unspecified atom stereocenters. The van der Waals surface area contributed by atoms with Crippen molar-refractivity contribution in [1.82, 2.24) is 4.98 Å². The minimum Gasteiger partial charge on any atom is -0.384 e. The molecule has 16 heavy (non-hydrogen) atoms. The van der Waals surface area contributed by atoms with E-state index in [0.717, 1.165) is 22.0 Å². The van der Waals surface area contributed by atoms with Gasteiger partial charge in [0.15, 0.2) is 0 Å². The molecule has 0 aliphatic carbocycles. The van der Waals surface area contributed by atoms with E-state index in [9.17, 15) is 5.11 Å². The highest BCUT2D eigenvalue weighted by molar-refractivity contribution is 5.82. The summed E-state index contributed by atoms with van der Waals surface area (Å²) in [6.07, 6.45) is 3.05. The molecule has 1 N–H and O–H groups in total. The first-order valence-corrected chi connectivity index (χ1v) is 5.35. The van der Waals surface area contributed by atoms with Crippen molar-refractivity contribution in [3.8, 4) is 0 Å². The third-order valence-corrected chi connectivity index (χ3v) is 2.49. The number of pyridine rings is 1. The molecule has 1 heterocycles. The lowest BCUT2D eigenvalue weighted by Gasteiger charge is -2.10. The summed E-state index contributed by atoms with van der Waals surface area (Å²) in [4.78, 5) is 4.27. The highest BCUT2D eigenvalue weighted by Gasteiger charge is 2.08. The number of hydrogen-bond donors (Lipinski definition) is 1. The third-order valence-electron chi connectivity index (χ3n) is 2.49. The van der Waals surface area contributed by atoms with Gasteiger partial charge in [-0.05, 0) is 31.5 Å². The van der Waals surface area contributed by atoms with Gasteiger partial charge in [0.2, 0.25) is 0 Å². The van der Waals surface area contributed by atoms with Crippen molar-refractivity contribution in [3.63, 3.8) is 0 Å². The zero-order valence-electron chi connectivity index (χ0n) is 9.51. The van der Waals surface area contributed by atoms with Crippen molar-refractivity contribution in [2.24, 2.45) is 0 Å². The van der Waals surface area contributed by atoms with E-state index in [1.807, 2.05) is 50.3 Å². The predicted octanol–water partition coefficient (Wildman–Crippen LogP) is 3.23. The summed E-state index contributed by atoms with van der Waals surface area (Å²) >= 11 is 0. The minimum absolute atomic E-state index is 0.558. The summed E-state index contributed by atoms with van der Waals surface area (Å²) in [6, 6.07) is 9.69. The SMILES string of the molecule is CC(C)=CC(O)c1cccc2ncccc12. The van der Waals surface area contributed by atoms with Crippen molar-refractivity contribution in [1.29, 1.82) is 0 Å². The first-order chi connectivity index (χ1) is 7.68. The van der Waals surface area contributed by atoms with Gasteiger partial charge in [-0.1, -0.05) is 29.8 Å². The van der Waals surface area contributed by atoms with E-state index in [1.54, 1.807) is 6.20 Å². The zero-order valence-corrected chi connectivity index (χ0v) is 9.51. The number of aliphatic hydroxyl groups excluding tert-OH is 1. The van der Waals surface area contributed by atoms with E-state index in [0.29, 0.717) is 0 Å². The standard InChI is InChI=1S/C14H15NO/c1-10(2)9-14(16)12-5-3-7-13-11(12)6-4-8-15-13/h3-9,14,16H,1-2H3. The maximum absolute atomic E-state index is 10.1. The summed E-state index contributed by atoms with van der Waals surface area (Å²) in [6.45, 7) is 3.96. The van der Waals surface area contributed by atoms with E-state index in [2.05, 4.69) is 4.98 Å². The minimum atomic E-state index is -0.558. The molecule has 1 atom stereocenters. The summed E-state index contributed by atoms with van der Waals surface area (Å²) < 4.78 is 0. The van der Waals surface area contributed by atoms with Crippen LogP contribution < -0.4 is 0 Å². The van der Waals surface area contributed by atoms with Gasteiger partial charge in [-0.25, -0.2) is 0 Å². The fraction of sp³-hybridized carbons (Fsp3) is 0.214. The largest absolute Gasteiger partial charge is 0.384 e. The highest BCUT2D eigenvalue weighted by Crippen LogP contribution is 2.24. The van der Waals surface area contributed by atoms with Gasteiger partial charge in [-0.3, -0.25) is 4.98 Å². The Labute approximate surface area is 95.3 Å². The van der Waals surface area contributed by atoms with Crippen LogP contribution in [0.3, 0.4) is 0 Å². The summed E-state index contributed by atoms with van der Waals surface area (Å²) in [5, 5.41) is 11.1. The van der Waals surface area contributed by atoms with Crippen LogP contribution in [-0.2, 0) is 0 Å². The molecular weight excluding hydrogens is 198 g/mol. The Morgan fingerprint density at radius 2 is 2.06 bits per heavy atom. The lowest BCUT2D eigenvalue weighted by Crippen LogP contribution is -1.95. The molecule has 0 saturated heterocycles. The van der Waals surface area contributed by atoms with Crippen LogP contribution in [0.25, 0.3) is 10.9 Å². The molecule has 1 aromatic heterocycles. The molecule has 2 nitrogen and oxygen atoms in total. The predicted molar refractivity (Wildman–Crippen MR) is 66.1 cm³/mol. The second kappa shape index (κ2) is 4.45. The molecule has 2 heteroatoms. The lowest BCUT2D eigenvalue weighted by molar-refractivity contribution is 0.229. The summed E-state index contributed by atoms with van der Waals surface area (Å²) in [5.41, 5.74) is 2.93. The molecule has 2 aromatic rings. The van der Waals surface area contributed by atoms with Crippen LogP contribution in [0.15, 0.2) is 48.2 Å². The number of aromatic nitrogens is 1. The zero-order chi connectivity index (χ0) is 11.5. The van der Waals surface area contributed by atoms with Crippen molar-refractivity contribution < 1.29 is 5.11 Å². The Morgan fingerprint density at radius 1 is 1.25 bits per heavy atom. The Bertz CT molecular complexity index is 522. The van der Waals surface area contributed by atoms with Gasteiger partial charge in [0.1, 0.15) is 0 Å². The molecule has 0 saturated carbocycles. The molecule has 0 amide bonds. The van der Waals surface area contributed by atoms with Gasteiger partial charge in [-0.15, -0.1) is 0 Å². The van der Waals surface area contributed by atoms with E-state index in [1.165, 1.54) is 0 Å². The molecule has 2 rings (SSSR count). The van der Waals surface area contributed by atoms with Crippen molar-refractivity contribution in [3.05, 3.63) is 53.7 Å². The fourth-order valence-electron chi connectivity index (χ4n) is 1.79. The molecular formula is C14H15NO. The van der Waals surface area contributed by atoms with E-state index in [-0.39, 0.29) is 0 Å². The Balaban J connectivity index is 2.56. The number of fused-ring (bicyclic) bond motifs is 1. The average molecular weight is 213 g/mol. The average Bonchev–Trinajstić information content (AvgIpc) is 2.27. The van der Waals surface area contributed by atoms with Gasteiger partial charge >= 0.3 is 0 Å². The number of nitrogens with zero attached hydrogens (tertiary/aromatic N) is 1. The second-order valence-corrected chi connectivity index (χ2v) is 4.11. The third kappa shape index (κ3) is 2.12. The van der Waals surface area contributed by atoms with Crippen LogP contribution in [0, 0.1) is 0 Å².